The third-order valence-electron chi connectivity index (χ3n) is 2.64. The zero-order chi connectivity index (χ0) is 14.9. The quantitative estimate of drug-likeness (QED) is 0.811. The van der Waals surface area contributed by atoms with Crippen molar-refractivity contribution in [1.29, 1.82) is 0 Å². The van der Waals surface area contributed by atoms with Crippen molar-refractivity contribution in [1.82, 2.24) is 19.6 Å². The van der Waals surface area contributed by atoms with Crippen LogP contribution in [0.4, 0.5) is 13.2 Å². The predicted molar refractivity (Wildman–Crippen MR) is 70.7 cm³/mol. The third-order valence-corrected chi connectivity index (χ3v) is 4.04. The van der Waals surface area contributed by atoms with E-state index in [1.165, 1.54) is 18.0 Å². The number of thioether (sulfide) groups is 1. The Bertz CT molecular complexity index is 607. The number of hydrogen-bond acceptors (Lipinski definition) is 4. The third kappa shape index (κ3) is 2.89. The van der Waals surface area contributed by atoms with E-state index in [-0.39, 0.29) is 5.65 Å². The van der Waals surface area contributed by atoms with E-state index in [0.29, 0.717) is 23.1 Å². The molecule has 8 heteroatoms. The fraction of sp³-hybridized carbons (Fsp3) is 0.583. The van der Waals surface area contributed by atoms with E-state index in [4.69, 9.17) is 0 Å². The van der Waals surface area contributed by atoms with E-state index >= 15 is 0 Å². The standard InChI is InChI=1S/C12H15F3N4S/c1-4-8-5-16-10(20-6-7(2)3)9-17-18-11(19(8)9)12(13,14)15/h5,7H,4,6H2,1-3H3. The number of rotatable bonds is 4. The normalized spacial score (nSPS) is 12.6. The minimum absolute atomic E-state index is 0.183. The van der Waals surface area contributed by atoms with Crippen molar-refractivity contribution >= 4 is 17.4 Å². The first-order chi connectivity index (χ1) is 9.34. The molecule has 2 aromatic heterocycles. The minimum atomic E-state index is -4.52. The zero-order valence-corrected chi connectivity index (χ0v) is 12.2. The van der Waals surface area contributed by atoms with Gasteiger partial charge in [-0.05, 0) is 12.3 Å². The molecule has 0 atom stereocenters. The number of aromatic nitrogens is 4. The van der Waals surface area contributed by atoms with Gasteiger partial charge in [-0.3, -0.25) is 4.40 Å². The summed E-state index contributed by atoms with van der Waals surface area (Å²) in [4.78, 5) is 4.22. The molecule has 0 saturated heterocycles. The SMILES string of the molecule is CCc1cnc(SCC(C)C)c2nnc(C(F)(F)F)n12. The van der Waals surface area contributed by atoms with Gasteiger partial charge in [-0.15, -0.1) is 22.0 Å². The van der Waals surface area contributed by atoms with Gasteiger partial charge in [0.25, 0.3) is 0 Å². The fourth-order valence-corrected chi connectivity index (χ4v) is 2.60. The molecule has 0 saturated carbocycles. The predicted octanol–water partition coefficient (Wildman–Crippen LogP) is 3.45. The van der Waals surface area contributed by atoms with Crippen molar-refractivity contribution in [3.8, 4) is 0 Å². The summed E-state index contributed by atoms with van der Waals surface area (Å²) in [5, 5.41) is 7.46. The molecule has 0 bridgehead atoms. The van der Waals surface area contributed by atoms with Crippen LogP contribution in [0, 0.1) is 5.92 Å². The topological polar surface area (TPSA) is 43.1 Å². The lowest BCUT2D eigenvalue weighted by Crippen LogP contribution is -2.13. The highest BCUT2D eigenvalue weighted by Crippen LogP contribution is 2.31. The highest BCUT2D eigenvalue weighted by Gasteiger charge is 2.38. The molecule has 0 aromatic carbocycles. The van der Waals surface area contributed by atoms with Crippen LogP contribution in [-0.4, -0.2) is 25.3 Å². The van der Waals surface area contributed by atoms with Crippen molar-refractivity contribution < 1.29 is 13.2 Å². The van der Waals surface area contributed by atoms with Gasteiger partial charge in [-0.25, -0.2) is 4.98 Å². The van der Waals surface area contributed by atoms with Crippen LogP contribution in [0.2, 0.25) is 0 Å². The zero-order valence-electron chi connectivity index (χ0n) is 11.4. The minimum Gasteiger partial charge on any atom is -0.272 e. The Hall–Kier alpha value is -1.31. The number of fused-ring (bicyclic) bond motifs is 1. The summed E-state index contributed by atoms with van der Waals surface area (Å²) in [5.74, 6) is 0.193. The molecular weight excluding hydrogens is 289 g/mol. The van der Waals surface area contributed by atoms with E-state index in [1.807, 2.05) is 13.8 Å². The molecule has 2 rings (SSSR count). The first-order valence-electron chi connectivity index (χ1n) is 6.27. The molecule has 0 spiro atoms. The Labute approximate surface area is 118 Å². The van der Waals surface area contributed by atoms with E-state index in [0.717, 1.165) is 10.2 Å². The summed E-state index contributed by atoms with van der Waals surface area (Å²) in [6.45, 7) is 5.85. The van der Waals surface area contributed by atoms with Crippen LogP contribution in [0.15, 0.2) is 11.2 Å². The first-order valence-corrected chi connectivity index (χ1v) is 7.26. The van der Waals surface area contributed by atoms with Gasteiger partial charge in [0.2, 0.25) is 5.82 Å². The second kappa shape index (κ2) is 5.59. The molecule has 0 aliphatic rings. The number of halogens is 3. The second-order valence-corrected chi connectivity index (χ2v) is 5.80. The van der Waals surface area contributed by atoms with Crippen LogP contribution < -0.4 is 0 Å². The smallest absolute Gasteiger partial charge is 0.272 e. The Morgan fingerprint density at radius 2 is 2.00 bits per heavy atom. The molecule has 4 nitrogen and oxygen atoms in total. The van der Waals surface area contributed by atoms with Crippen LogP contribution >= 0.6 is 11.8 Å². The van der Waals surface area contributed by atoms with Gasteiger partial charge in [0.05, 0.1) is 0 Å². The molecule has 0 unspecified atom stereocenters. The number of alkyl halides is 3. The van der Waals surface area contributed by atoms with Gasteiger partial charge in [0, 0.05) is 17.6 Å². The van der Waals surface area contributed by atoms with E-state index in [1.54, 1.807) is 6.92 Å². The summed E-state index contributed by atoms with van der Waals surface area (Å²) < 4.78 is 40.0. The summed E-state index contributed by atoms with van der Waals surface area (Å²) in [5.41, 5.74) is 0.633. The van der Waals surface area contributed by atoms with Crippen LogP contribution in [0.1, 0.15) is 32.3 Å². The number of nitrogens with zero attached hydrogens (tertiary/aromatic N) is 4. The maximum atomic E-state index is 13.0. The van der Waals surface area contributed by atoms with Gasteiger partial charge >= 0.3 is 6.18 Å². The lowest BCUT2D eigenvalue weighted by molar-refractivity contribution is -0.145. The molecule has 0 fully saturated rings. The van der Waals surface area contributed by atoms with Gasteiger partial charge in [-0.2, -0.15) is 13.2 Å². The van der Waals surface area contributed by atoms with Crippen molar-refractivity contribution in [2.24, 2.45) is 5.92 Å². The number of aryl methyl sites for hydroxylation is 1. The van der Waals surface area contributed by atoms with E-state index in [2.05, 4.69) is 15.2 Å². The molecule has 20 heavy (non-hydrogen) atoms. The largest absolute Gasteiger partial charge is 0.452 e. The number of hydrogen-bond donors (Lipinski definition) is 0. The lowest BCUT2D eigenvalue weighted by Gasteiger charge is -2.10. The van der Waals surface area contributed by atoms with Crippen molar-refractivity contribution in [3.05, 3.63) is 17.7 Å². The molecule has 0 aliphatic heterocycles. The molecule has 2 aromatic rings. The average molecular weight is 304 g/mol. The molecule has 0 N–H and O–H groups in total. The van der Waals surface area contributed by atoms with Crippen molar-refractivity contribution in [2.75, 3.05) is 5.75 Å². The van der Waals surface area contributed by atoms with Gasteiger partial charge < -0.3 is 0 Å². The Morgan fingerprint density at radius 3 is 2.55 bits per heavy atom. The Balaban J connectivity index is 2.56. The van der Waals surface area contributed by atoms with E-state index < -0.39 is 12.0 Å². The Morgan fingerprint density at radius 1 is 1.30 bits per heavy atom. The maximum Gasteiger partial charge on any atom is 0.452 e. The highest BCUT2D eigenvalue weighted by molar-refractivity contribution is 7.99. The van der Waals surface area contributed by atoms with E-state index in [9.17, 15) is 13.2 Å². The molecule has 110 valence electrons. The fourth-order valence-electron chi connectivity index (χ4n) is 1.72. The summed E-state index contributed by atoms with van der Waals surface area (Å²) in [7, 11) is 0. The second-order valence-electron chi connectivity index (χ2n) is 4.79. The summed E-state index contributed by atoms with van der Waals surface area (Å²) in [6, 6.07) is 0. The maximum absolute atomic E-state index is 13.0. The van der Waals surface area contributed by atoms with Crippen molar-refractivity contribution in [2.45, 2.75) is 38.4 Å². The Kier molecular flexibility index (Phi) is 4.22. The van der Waals surface area contributed by atoms with Crippen LogP contribution in [0.5, 0.6) is 0 Å². The average Bonchev–Trinajstić information content (AvgIpc) is 2.80. The molecule has 0 radical (unpaired) electrons. The molecule has 0 amide bonds. The van der Waals surface area contributed by atoms with Gasteiger partial charge in [0.1, 0.15) is 5.03 Å². The molecule has 2 heterocycles. The van der Waals surface area contributed by atoms with Gasteiger partial charge in [-0.1, -0.05) is 20.8 Å². The summed E-state index contributed by atoms with van der Waals surface area (Å²) >= 11 is 1.40. The molecular formula is C12H15F3N4S. The van der Waals surface area contributed by atoms with Crippen molar-refractivity contribution in [3.63, 3.8) is 0 Å². The van der Waals surface area contributed by atoms with Crippen LogP contribution in [-0.2, 0) is 12.6 Å². The molecule has 0 aliphatic carbocycles. The van der Waals surface area contributed by atoms with Gasteiger partial charge in [0.15, 0.2) is 5.65 Å². The lowest BCUT2D eigenvalue weighted by atomic mass is 10.3. The first kappa shape index (κ1) is 15.1. The monoisotopic (exact) mass is 304 g/mol. The van der Waals surface area contributed by atoms with Crippen LogP contribution in [0.3, 0.4) is 0 Å². The highest BCUT2D eigenvalue weighted by atomic mass is 32.2. The van der Waals surface area contributed by atoms with Crippen LogP contribution in [0.25, 0.3) is 5.65 Å². The summed E-state index contributed by atoms with van der Waals surface area (Å²) in [6.07, 6.45) is -2.63.